The normalized spacial score (nSPS) is 11.5. The van der Waals surface area contributed by atoms with E-state index >= 15 is 0 Å². The average molecular weight is 445 g/mol. The lowest BCUT2D eigenvalue weighted by Gasteiger charge is -2.17. The first-order chi connectivity index (χ1) is 13.1. The topological polar surface area (TPSA) is 90.1 Å². The molecule has 28 heavy (non-hydrogen) atoms. The molecule has 0 aliphatic carbocycles. The summed E-state index contributed by atoms with van der Waals surface area (Å²) in [5.74, 6) is 0.783. The highest BCUT2D eigenvalue weighted by Crippen LogP contribution is 2.26. The van der Waals surface area contributed by atoms with Crippen LogP contribution in [0.25, 0.3) is 17.1 Å². The summed E-state index contributed by atoms with van der Waals surface area (Å²) >= 11 is 3.32. The van der Waals surface area contributed by atoms with Crippen molar-refractivity contribution in [1.82, 2.24) is 19.5 Å². The van der Waals surface area contributed by atoms with Crippen molar-refractivity contribution in [1.29, 1.82) is 0 Å². The summed E-state index contributed by atoms with van der Waals surface area (Å²) < 4.78 is 7.21. The summed E-state index contributed by atoms with van der Waals surface area (Å²) in [7, 11) is 1.52. The number of hydrogen-bond acceptors (Lipinski definition) is 6. The minimum atomic E-state index is -1.17. The summed E-state index contributed by atoms with van der Waals surface area (Å²) in [5.41, 5.74) is 2.00. The Kier molecular flexibility index (Phi) is 5.36. The Bertz CT molecular complexity index is 1100. The smallest absolute Gasteiger partial charge is 0.273 e. The van der Waals surface area contributed by atoms with Crippen LogP contribution < -0.4 is 10.3 Å². The third-order valence-electron chi connectivity index (χ3n) is 4.30. The number of methoxy groups -OCH3 is 1. The summed E-state index contributed by atoms with van der Waals surface area (Å²) in [4.78, 5) is 25.9. The molecule has 0 saturated heterocycles. The quantitative estimate of drug-likeness (QED) is 0.663. The highest BCUT2D eigenvalue weighted by atomic mass is 79.9. The zero-order valence-corrected chi connectivity index (χ0v) is 17.9. The van der Waals surface area contributed by atoms with Crippen LogP contribution in [0.3, 0.4) is 0 Å². The predicted octanol–water partition coefficient (Wildman–Crippen LogP) is 3.30. The molecule has 3 rings (SSSR count). The Balaban J connectivity index is 2.20. The van der Waals surface area contributed by atoms with Gasteiger partial charge in [-0.25, -0.2) is 9.97 Å². The standard InChI is InChI=1S/C20H21BrN4O3/c1-11-10-23-14(13-6-7-22-19(24-13)20(3,4)27)9-15(11)25-12(2)8-16(28-5)17(21)18(25)26/h6-10,27H,1-5H3. The molecule has 0 atom stereocenters. The number of rotatable bonds is 4. The molecule has 0 bridgehead atoms. The van der Waals surface area contributed by atoms with Gasteiger partial charge in [-0.15, -0.1) is 0 Å². The van der Waals surface area contributed by atoms with Gasteiger partial charge >= 0.3 is 0 Å². The average Bonchev–Trinajstić information content (AvgIpc) is 2.65. The second-order valence-corrected chi connectivity index (χ2v) is 7.78. The van der Waals surface area contributed by atoms with Crippen molar-refractivity contribution in [3.05, 3.63) is 62.5 Å². The van der Waals surface area contributed by atoms with Gasteiger partial charge in [0.2, 0.25) is 0 Å². The van der Waals surface area contributed by atoms with Gasteiger partial charge in [0.05, 0.1) is 24.2 Å². The van der Waals surface area contributed by atoms with E-state index in [9.17, 15) is 9.90 Å². The van der Waals surface area contributed by atoms with Crippen LogP contribution in [-0.2, 0) is 5.60 Å². The van der Waals surface area contributed by atoms with Crippen LogP contribution in [0.4, 0.5) is 0 Å². The Morgan fingerprint density at radius 2 is 1.89 bits per heavy atom. The fourth-order valence-electron chi connectivity index (χ4n) is 2.82. The fourth-order valence-corrected chi connectivity index (χ4v) is 3.27. The van der Waals surface area contributed by atoms with Gasteiger partial charge in [-0.3, -0.25) is 14.3 Å². The van der Waals surface area contributed by atoms with E-state index in [4.69, 9.17) is 4.74 Å². The number of ether oxygens (including phenoxy) is 1. The summed E-state index contributed by atoms with van der Waals surface area (Å²) in [6.45, 7) is 6.97. The van der Waals surface area contributed by atoms with Crippen molar-refractivity contribution in [2.45, 2.75) is 33.3 Å². The van der Waals surface area contributed by atoms with Gasteiger partial charge in [0.15, 0.2) is 5.82 Å². The van der Waals surface area contributed by atoms with Gasteiger partial charge in [0, 0.05) is 24.2 Å². The highest BCUT2D eigenvalue weighted by molar-refractivity contribution is 9.10. The molecule has 0 unspecified atom stereocenters. The minimum absolute atomic E-state index is 0.225. The third-order valence-corrected chi connectivity index (χ3v) is 5.03. The van der Waals surface area contributed by atoms with E-state index < -0.39 is 5.60 Å². The lowest BCUT2D eigenvalue weighted by molar-refractivity contribution is 0.0688. The largest absolute Gasteiger partial charge is 0.495 e. The number of nitrogens with zero attached hydrogens (tertiary/aromatic N) is 4. The number of aryl methyl sites for hydroxylation is 2. The molecule has 0 amide bonds. The molecule has 146 valence electrons. The van der Waals surface area contributed by atoms with Crippen molar-refractivity contribution in [3.8, 4) is 22.8 Å². The lowest BCUT2D eigenvalue weighted by Crippen LogP contribution is -2.23. The van der Waals surface area contributed by atoms with E-state index in [1.54, 1.807) is 49.0 Å². The zero-order chi connectivity index (χ0) is 20.6. The van der Waals surface area contributed by atoms with Crippen LogP contribution >= 0.6 is 15.9 Å². The number of aromatic nitrogens is 4. The molecule has 1 N–H and O–H groups in total. The molecule has 7 nitrogen and oxygen atoms in total. The van der Waals surface area contributed by atoms with Crippen molar-refractivity contribution in [3.63, 3.8) is 0 Å². The Morgan fingerprint density at radius 3 is 2.54 bits per heavy atom. The van der Waals surface area contributed by atoms with Gasteiger partial charge in [-0.05, 0) is 61.3 Å². The summed E-state index contributed by atoms with van der Waals surface area (Å²) in [6, 6.07) is 5.32. The first-order valence-electron chi connectivity index (χ1n) is 8.63. The predicted molar refractivity (Wildman–Crippen MR) is 110 cm³/mol. The molecule has 0 spiro atoms. The number of aliphatic hydroxyl groups is 1. The van der Waals surface area contributed by atoms with Gasteiger partial charge in [0.25, 0.3) is 5.56 Å². The molecule has 0 saturated carbocycles. The lowest BCUT2D eigenvalue weighted by atomic mass is 10.1. The Morgan fingerprint density at radius 1 is 1.18 bits per heavy atom. The van der Waals surface area contributed by atoms with Gasteiger partial charge in [-0.1, -0.05) is 0 Å². The zero-order valence-electron chi connectivity index (χ0n) is 16.3. The maximum Gasteiger partial charge on any atom is 0.273 e. The Labute approximate surface area is 171 Å². The maximum absolute atomic E-state index is 12.9. The second kappa shape index (κ2) is 7.44. The molecule has 0 aliphatic rings. The Hall–Kier alpha value is -2.58. The summed E-state index contributed by atoms with van der Waals surface area (Å²) in [5, 5.41) is 10.2. The van der Waals surface area contributed by atoms with Crippen LogP contribution in [0.5, 0.6) is 5.75 Å². The van der Waals surface area contributed by atoms with Crippen LogP contribution in [0.2, 0.25) is 0 Å². The molecule has 3 aromatic heterocycles. The highest BCUT2D eigenvalue weighted by Gasteiger charge is 2.21. The van der Waals surface area contributed by atoms with E-state index in [0.29, 0.717) is 33.1 Å². The van der Waals surface area contributed by atoms with Crippen molar-refractivity contribution >= 4 is 15.9 Å². The van der Waals surface area contributed by atoms with E-state index in [1.807, 2.05) is 13.8 Å². The van der Waals surface area contributed by atoms with E-state index in [-0.39, 0.29) is 5.56 Å². The van der Waals surface area contributed by atoms with Crippen LogP contribution in [0.1, 0.15) is 30.9 Å². The monoisotopic (exact) mass is 444 g/mol. The molecule has 0 radical (unpaired) electrons. The van der Waals surface area contributed by atoms with E-state index in [2.05, 4.69) is 30.9 Å². The minimum Gasteiger partial charge on any atom is -0.495 e. The van der Waals surface area contributed by atoms with Crippen molar-refractivity contribution in [2.24, 2.45) is 0 Å². The second-order valence-electron chi connectivity index (χ2n) is 6.99. The molecule has 8 heteroatoms. The number of halogens is 1. The van der Waals surface area contributed by atoms with Gasteiger partial charge < -0.3 is 9.84 Å². The molecule has 0 aromatic carbocycles. The third kappa shape index (κ3) is 3.70. The molecule has 0 aliphatic heterocycles. The van der Waals surface area contributed by atoms with Crippen molar-refractivity contribution < 1.29 is 9.84 Å². The summed E-state index contributed by atoms with van der Waals surface area (Å²) in [6.07, 6.45) is 3.28. The number of hydrogen-bond donors (Lipinski definition) is 1. The molecule has 3 aromatic rings. The van der Waals surface area contributed by atoms with Crippen molar-refractivity contribution in [2.75, 3.05) is 7.11 Å². The van der Waals surface area contributed by atoms with E-state index in [0.717, 1.165) is 11.3 Å². The van der Waals surface area contributed by atoms with Crippen LogP contribution in [0.15, 0.2) is 39.9 Å². The van der Waals surface area contributed by atoms with Crippen LogP contribution in [0, 0.1) is 13.8 Å². The SMILES string of the molecule is COc1cc(C)n(-c2cc(-c3ccnc(C(C)(C)O)n3)ncc2C)c(=O)c1Br. The van der Waals surface area contributed by atoms with E-state index in [1.165, 1.54) is 7.11 Å². The first kappa shape index (κ1) is 20.2. The molecular weight excluding hydrogens is 424 g/mol. The molecular formula is C20H21BrN4O3. The van der Waals surface area contributed by atoms with Gasteiger partial charge in [-0.2, -0.15) is 0 Å². The molecule has 3 heterocycles. The fraction of sp³-hybridized carbons (Fsp3) is 0.300. The molecule has 0 fully saturated rings. The maximum atomic E-state index is 12.9. The van der Waals surface area contributed by atoms with Crippen LogP contribution in [-0.4, -0.2) is 31.7 Å². The first-order valence-corrected chi connectivity index (χ1v) is 9.42. The number of pyridine rings is 2. The van der Waals surface area contributed by atoms with Gasteiger partial charge in [0.1, 0.15) is 15.8 Å².